The average molecular weight is 185 g/mol. The van der Waals surface area contributed by atoms with E-state index in [1.807, 2.05) is 0 Å². The zero-order valence-corrected chi connectivity index (χ0v) is 9.71. The van der Waals surface area contributed by atoms with Gasteiger partial charge in [-0.2, -0.15) is 0 Å². The number of nitrogens with zero attached hydrogens (tertiary/aromatic N) is 2. The molecule has 1 aliphatic heterocycles. The van der Waals surface area contributed by atoms with Crippen molar-refractivity contribution in [3.8, 4) is 0 Å². The highest BCUT2D eigenvalue weighted by atomic mass is 15.4. The molecule has 1 fully saturated rings. The molecule has 2 nitrogen and oxygen atoms in total. The van der Waals surface area contributed by atoms with Crippen LogP contribution in [0.15, 0.2) is 0 Å². The van der Waals surface area contributed by atoms with Gasteiger partial charge < -0.3 is 4.48 Å². The minimum absolute atomic E-state index is 0.846. The van der Waals surface area contributed by atoms with Gasteiger partial charge in [0, 0.05) is 13.1 Å². The van der Waals surface area contributed by atoms with E-state index in [2.05, 4.69) is 32.8 Å². The van der Waals surface area contributed by atoms with Crippen LogP contribution in [0.2, 0.25) is 0 Å². The molecule has 1 atom stereocenters. The van der Waals surface area contributed by atoms with Crippen molar-refractivity contribution >= 4 is 0 Å². The molecule has 0 aromatic rings. The van der Waals surface area contributed by atoms with E-state index in [0.29, 0.717) is 0 Å². The van der Waals surface area contributed by atoms with Gasteiger partial charge in [-0.1, -0.05) is 13.3 Å². The lowest BCUT2D eigenvalue weighted by atomic mass is 10.1. The average Bonchev–Trinajstić information content (AvgIpc) is 2.11. The maximum Gasteiger partial charge on any atom is 0.0916 e. The number of hydrogen-bond donors (Lipinski definition) is 0. The van der Waals surface area contributed by atoms with E-state index in [1.54, 1.807) is 0 Å². The van der Waals surface area contributed by atoms with Crippen LogP contribution in [0, 0.1) is 0 Å². The third-order valence-electron chi connectivity index (χ3n) is 3.76. The Morgan fingerprint density at radius 1 is 1.31 bits per heavy atom. The molecule has 0 saturated carbocycles. The summed E-state index contributed by atoms with van der Waals surface area (Å²) in [5, 5.41) is 0. The van der Waals surface area contributed by atoms with Crippen LogP contribution in [0.25, 0.3) is 0 Å². The summed E-state index contributed by atoms with van der Waals surface area (Å²) >= 11 is 0. The van der Waals surface area contributed by atoms with Crippen LogP contribution in [0.4, 0.5) is 0 Å². The van der Waals surface area contributed by atoms with Crippen LogP contribution in [0.3, 0.4) is 0 Å². The predicted octanol–water partition coefficient (Wildman–Crippen LogP) is 1.57. The number of rotatable bonds is 3. The van der Waals surface area contributed by atoms with E-state index in [0.717, 1.165) is 6.04 Å². The van der Waals surface area contributed by atoms with Crippen molar-refractivity contribution in [1.82, 2.24) is 4.90 Å². The van der Waals surface area contributed by atoms with E-state index in [1.165, 1.54) is 43.5 Å². The summed E-state index contributed by atoms with van der Waals surface area (Å²) in [5.41, 5.74) is 0. The standard InChI is InChI=1S/C11H25N2/c1-5-6-11(2)13(4)9-7-12(3)8-10-13/h11H,5-10H2,1-4H3/q+1/t11-/m1/s1. The highest BCUT2D eigenvalue weighted by Gasteiger charge is 2.31. The van der Waals surface area contributed by atoms with Crippen molar-refractivity contribution in [3.05, 3.63) is 0 Å². The lowest BCUT2D eigenvalue weighted by Crippen LogP contribution is -2.60. The molecule has 78 valence electrons. The monoisotopic (exact) mass is 185 g/mol. The minimum Gasteiger partial charge on any atom is -0.322 e. The number of likely N-dealkylation sites (N-methyl/N-ethyl adjacent to an activating group) is 2. The Morgan fingerprint density at radius 3 is 2.31 bits per heavy atom. The van der Waals surface area contributed by atoms with E-state index < -0.39 is 0 Å². The molecule has 0 radical (unpaired) electrons. The first-order valence-electron chi connectivity index (χ1n) is 5.61. The van der Waals surface area contributed by atoms with E-state index in [9.17, 15) is 0 Å². The van der Waals surface area contributed by atoms with Gasteiger partial charge in [-0.15, -0.1) is 0 Å². The highest BCUT2D eigenvalue weighted by Crippen LogP contribution is 2.17. The van der Waals surface area contributed by atoms with Crippen LogP contribution in [0.1, 0.15) is 26.7 Å². The summed E-state index contributed by atoms with van der Waals surface area (Å²) in [6, 6.07) is 0.846. The summed E-state index contributed by atoms with van der Waals surface area (Å²) < 4.78 is 1.29. The Hall–Kier alpha value is -0.0800. The molecule has 0 aromatic heterocycles. The second-order valence-electron chi connectivity index (χ2n) is 4.87. The summed E-state index contributed by atoms with van der Waals surface area (Å²) in [6.07, 6.45) is 2.70. The van der Waals surface area contributed by atoms with Crippen LogP contribution in [0.5, 0.6) is 0 Å². The summed E-state index contributed by atoms with van der Waals surface area (Å²) in [5.74, 6) is 0. The van der Waals surface area contributed by atoms with Gasteiger partial charge in [-0.3, -0.25) is 4.90 Å². The van der Waals surface area contributed by atoms with E-state index in [4.69, 9.17) is 0 Å². The van der Waals surface area contributed by atoms with Crippen molar-refractivity contribution in [2.24, 2.45) is 0 Å². The number of quaternary nitrogens is 1. The Balaban J connectivity index is 2.46. The van der Waals surface area contributed by atoms with Gasteiger partial charge in [-0.25, -0.2) is 0 Å². The summed E-state index contributed by atoms with van der Waals surface area (Å²) in [7, 11) is 4.65. The normalized spacial score (nSPS) is 25.8. The summed E-state index contributed by atoms with van der Waals surface area (Å²) in [4.78, 5) is 2.44. The molecule has 0 aromatic carbocycles. The van der Waals surface area contributed by atoms with Gasteiger partial charge >= 0.3 is 0 Å². The van der Waals surface area contributed by atoms with Crippen LogP contribution in [-0.2, 0) is 0 Å². The molecule has 0 N–H and O–H groups in total. The molecule has 2 heteroatoms. The van der Waals surface area contributed by atoms with Gasteiger partial charge in [0.1, 0.15) is 0 Å². The van der Waals surface area contributed by atoms with Crippen molar-refractivity contribution in [1.29, 1.82) is 0 Å². The van der Waals surface area contributed by atoms with Crippen LogP contribution in [-0.4, -0.2) is 55.7 Å². The zero-order chi connectivity index (χ0) is 9.90. The fourth-order valence-electron chi connectivity index (χ4n) is 2.19. The number of hydrogen-bond acceptors (Lipinski definition) is 1. The van der Waals surface area contributed by atoms with Crippen molar-refractivity contribution in [2.75, 3.05) is 40.3 Å². The molecular formula is C11H25N2+. The zero-order valence-electron chi connectivity index (χ0n) is 9.71. The maximum absolute atomic E-state index is 2.44. The first-order valence-corrected chi connectivity index (χ1v) is 5.61. The van der Waals surface area contributed by atoms with Crippen LogP contribution < -0.4 is 0 Å². The van der Waals surface area contributed by atoms with Crippen molar-refractivity contribution in [3.63, 3.8) is 0 Å². The van der Waals surface area contributed by atoms with Gasteiger partial charge in [0.25, 0.3) is 0 Å². The van der Waals surface area contributed by atoms with Gasteiger partial charge in [0.2, 0.25) is 0 Å². The molecule has 1 saturated heterocycles. The molecule has 1 rings (SSSR count). The topological polar surface area (TPSA) is 3.24 Å². The fraction of sp³-hybridized carbons (Fsp3) is 1.00. The predicted molar refractivity (Wildman–Crippen MR) is 57.8 cm³/mol. The lowest BCUT2D eigenvalue weighted by molar-refractivity contribution is -0.935. The Bertz CT molecular complexity index is 148. The van der Waals surface area contributed by atoms with E-state index >= 15 is 0 Å². The summed E-state index contributed by atoms with van der Waals surface area (Å²) in [6.45, 7) is 9.90. The van der Waals surface area contributed by atoms with Gasteiger partial charge in [0.05, 0.1) is 26.2 Å². The molecule has 0 amide bonds. The Morgan fingerprint density at radius 2 is 1.85 bits per heavy atom. The van der Waals surface area contributed by atoms with Crippen molar-refractivity contribution < 1.29 is 4.48 Å². The quantitative estimate of drug-likeness (QED) is 0.603. The Labute approximate surface area is 83.1 Å². The molecule has 13 heavy (non-hydrogen) atoms. The highest BCUT2D eigenvalue weighted by molar-refractivity contribution is 4.62. The molecule has 1 heterocycles. The van der Waals surface area contributed by atoms with Crippen LogP contribution >= 0.6 is 0 Å². The molecule has 0 unspecified atom stereocenters. The molecule has 0 bridgehead atoms. The Kier molecular flexibility index (Phi) is 3.74. The molecule has 0 aliphatic carbocycles. The van der Waals surface area contributed by atoms with E-state index in [-0.39, 0.29) is 0 Å². The second-order valence-corrected chi connectivity index (χ2v) is 4.87. The first kappa shape index (κ1) is 11.0. The third kappa shape index (κ3) is 2.68. The number of piperazine rings is 1. The molecule has 0 spiro atoms. The van der Waals surface area contributed by atoms with Gasteiger partial charge in [-0.05, 0) is 20.4 Å². The fourth-order valence-corrected chi connectivity index (χ4v) is 2.19. The molecular weight excluding hydrogens is 160 g/mol. The molecule has 1 aliphatic rings. The largest absolute Gasteiger partial charge is 0.322 e. The van der Waals surface area contributed by atoms with Crippen molar-refractivity contribution in [2.45, 2.75) is 32.7 Å². The second kappa shape index (κ2) is 4.43. The maximum atomic E-state index is 2.44. The SMILES string of the molecule is CCC[C@@H](C)[N+]1(C)CCN(C)CC1. The van der Waals surface area contributed by atoms with Gasteiger partial charge in [0.15, 0.2) is 0 Å². The first-order chi connectivity index (χ1) is 6.08. The third-order valence-corrected chi connectivity index (χ3v) is 3.76. The minimum atomic E-state index is 0.846. The smallest absolute Gasteiger partial charge is 0.0916 e. The lowest BCUT2D eigenvalue weighted by Gasteiger charge is -2.45.